The van der Waals surface area contributed by atoms with E-state index in [9.17, 15) is 0 Å². The van der Waals surface area contributed by atoms with Crippen LogP contribution in [0.15, 0.2) is 42.9 Å². The molecule has 0 fully saturated rings. The molecule has 0 atom stereocenters. The molecule has 152 valence electrons. The summed E-state index contributed by atoms with van der Waals surface area (Å²) in [6.45, 7) is 3.30. The standard InChI is InChI=1S/C19H24N8O2/c1-13-9-23-14(10-22-13)11-24-19-25-12-17(20)18(26-19)27(21)15-3-5-16(6-4-15)29-8-7-28-2/h3-6,9-10,12H,7-8,11,20-21H2,1-2H3,(H,24,25,26). The highest BCUT2D eigenvalue weighted by molar-refractivity contribution is 5.70. The third-order valence-electron chi connectivity index (χ3n) is 3.96. The first-order valence-electron chi connectivity index (χ1n) is 8.97. The minimum Gasteiger partial charge on any atom is -0.491 e. The van der Waals surface area contributed by atoms with Crippen LogP contribution in [0.5, 0.6) is 5.75 Å². The first-order valence-corrected chi connectivity index (χ1v) is 8.97. The second-order valence-electron chi connectivity index (χ2n) is 6.18. The maximum atomic E-state index is 6.23. The number of ether oxygens (including phenoxy) is 2. The van der Waals surface area contributed by atoms with E-state index >= 15 is 0 Å². The Balaban J connectivity index is 1.68. The molecule has 0 unspecified atom stereocenters. The van der Waals surface area contributed by atoms with Crippen molar-refractivity contribution in [3.63, 3.8) is 0 Å². The minimum atomic E-state index is 0.355. The lowest BCUT2D eigenvalue weighted by Crippen LogP contribution is -2.27. The number of benzene rings is 1. The summed E-state index contributed by atoms with van der Waals surface area (Å²) in [5.74, 6) is 7.71. The molecule has 10 heteroatoms. The Labute approximate surface area is 168 Å². The van der Waals surface area contributed by atoms with Gasteiger partial charge >= 0.3 is 0 Å². The lowest BCUT2D eigenvalue weighted by molar-refractivity contribution is 0.146. The van der Waals surface area contributed by atoms with Gasteiger partial charge in [0, 0.05) is 13.3 Å². The number of hydrogen-bond donors (Lipinski definition) is 3. The molecule has 0 saturated heterocycles. The molecule has 0 bridgehead atoms. The maximum absolute atomic E-state index is 6.23. The van der Waals surface area contributed by atoms with E-state index in [1.807, 2.05) is 31.2 Å². The quantitative estimate of drug-likeness (QED) is 0.279. The minimum absolute atomic E-state index is 0.355. The number of nitrogens with two attached hydrogens (primary N) is 2. The van der Waals surface area contributed by atoms with Gasteiger partial charge in [0.1, 0.15) is 12.4 Å². The summed E-state index contributed by atoms with van der Waals surface area (Å²) in [5.41, 5.74) is 8.71. The van der Waals surface area contributed by atoms with Gasteiger partial charge in [-0.15, -0.1) is 0 Å². The number of nitrogens with one attached hydrogen (secondary N) is 1. The monoisotopic (exact) mass is 396 g/mol. The van der Waals surface area contributed by atoms with Gasteiger partial charge < -0.3 is 20.5 Å². The molecule has 0 aliphatic carbocycles. The Hall–Kier alpha value is -3.50. The van der Waals surface area contributed by atoms with Crippen LogP contribution in [0.2, 0.25) is 0 Å². The lowest BCUT2D eigenvalue weighted by atomic mass is 10.3. The summed E-state index contributed by atoms with van der Waals surface area (Å²) >= 11 is 0. The molecule has 2 aromatic heterocycles. The summed E-state index contributed by atoms with van der Waals surface area (Å²) in [6, 6.07) is 7.27. The molecule has 3 rings (SSSR count). The molecular formula is C19H24N8O2. The molecule has 0 aliphatic rings. The average Bonchev–Trinajstić information content (AvgIpc) is 2.74. The first-order chi connectivity index (χ1) is 14.1. The average molecular weight is 396 g/mol. The van der Waals surface area contributed by atoms with E-state index in [0.717, 1.165) is 17.1 Å². The fourth-order valence-electron chi connectivity index (χ4n) is 2.41. The lowest BCUT2D eigenvalue weighted by Gasteiger charge is -2.20. The molecule has 0 saturated carbocycles. The molecule has 10 nitrogen and oxygen atoms in total. The Morgan fingerprint density at radius 3 is 2.52 bits per heavy atom. The van der Waals surface area contributed by atoms with Crippen molar-refractivity contribution < 1.29 is 9.47 Å². The summed E-state index contributed by atoms with van der Waals surface area (Å²) in [5, 5.41) is 4.49. The second-order valence-corrected chi connectivity index (χ2v) is 6.18. The van der Waals surface area contributed by atoms with Crippen molar-refractivity contribution in [3.05, 3.63) is 54.2 Å². The van der Waals surface area contributed by atoms with Crippen LogP contribution in [0.1, 0.15) is 11.4 Å². The van der Waals surface area contributed by atoms with Gasteiger partial charge in [0.2, 0.25) is 5.95 Å². The Kier molecular flexibility index (Phi) is 6.72. The van der Waals surface area contributed by atoms with Gasteiger partial charge in [-0.2, -0.15) is 4.98 Å². The van der Waals surface area contributed by atoms with Crippen LogP contribution in [-0.4, -0.2) is 40.3 Å². The van der Waals surface area contributed by atoms with Gasteiger partial charge in [0.15, 0.2) is 5.82 Å². The SMILES string of the molecule is COCCOc1ccc(N(N)c2nc(NCc3cnc(C)cn3)ncc2N)cc1. The topological polar surface area (TPSA) is 137 Å². The van der Waals surface area contributed by atoms with Crippen LogP contribution < -0.4 is 26.6 Å². The van der Waals surface area contributed by atoms with Crippen molar-refractivity contribution in [1.29, 1.82) is 0 Å². The molecule has 29 heavy (non-hydrogen) atoms. The van der Waals surface area contributed by atoms with Gasteiger partial charge in [-0.1, -0.05) is 0 Å². The van der Waals surface area contributed by atoms with E-state index in [1.165, 1.54) is 11.2 Å². The van der Waals surface area contributed by atoms with Crippen molar-refractivity contribution in [2.24, 2.45) is 5.84 Å². The van der Waals surface area contributed by atoms with Crippen LogP contribution in [0, 0.1) is 6.92 Å². The van der Waals surface area contributed by atoms with Crippen molar-refractivity contribution in [3.8, 4) is 5.75 Å². The zero-order valence-corrected chi connectivity index (χ0v) is 16.4. The number of methoxy groups -OCH3 is 1. The van der Waals surface area contributed by atoms with Crippen molar-refractivity contribution >= 4 is 23.1 Å². The fourth-order valence-corrected chi connectivity index (χ4v) is 2.41. The number of rotatable bonds is 9. The van der Waals surface area contributed by atoms with Crippen LogP contribution in [0.4, 0.5) is 23.1 Å². The van der Waals surface area contributed by atoms with Gasteiger partial charge in [-0.05, 0) is 31.2 Å². The molecule has 2 heterocycles. The molecule has 0 radical (unpaired) electrons. The smallest absolute Gasteiger partial charge is 0.225 e. The highest BCUT2D eigenvalue weighted by atomic mass is 16.5. The largest absolute Gasteiger partial charge is 0.491 e. The first kappa shape index (κ1) is 20.2. The van der Waals surface area contributed by atoms with Crippen molar-refractivity contribution in [2.75, 3.05) is 36.4 Å². The predicted molar refractivity (Wildman–Crippen MR) is 111 cm³/mol. The second kappa shape index (κ2) is 9.62. The van der Waals surface area contributed by atoms with E-state index in [-0.39, 0.29) is 0 Å². The van der Waals surface area contributed by atoms with Gasteiger partial charge in [-0.25, -0.2) is 10.8 Å². The van der Waals surface area contributed by atoms with E-state index < -0.39 is 0 Å². The molecule has 1 aromatic carbocycles. The van der Waals surface area contributed by atoms with E-state index in [0.29, 0.717) is 42.9 Å². The molecule has 0 aliphatic heterocycles. The van der Waals surface area contributed by atoms with Gasteiger partial charge in [0.25, 0.3) is 0 Å². The van der Waals surface area contributed by atoms with E-state index in [4.69, 9.17) is 21.1 Å². The number of hydrazine groups is 1. The Morgan fingerprint density at radius 1 is 1.03 bits per heavy atom. The van der Waals surface area contributed by atoms with Crippen LogP contribution in [0.3, 0.4) is 0 Å². The van der Waals surface area contributed by atoms with E-state index in [1.54, 1.807) is 19.5 Å². The summed E-state index contributed by atoms with van der Waals surface area (Å²) in [4.78, 5) is 17.1. The number of nitrogens with zero attached hydrogens (tertiary/aromatic N) is 5. The highest BCUT2D eigenvalue weighted by Gasteiger charge is 2.13. The number of aromatic nitrogens is 4. The number of nitrogen functional groups attached to an aromatic ring is 1. The highest BCUT2D eigenvalue weighted by Crippen LogP contribution is 2.27. The van der Waals surface area contributed by atoms with Gasteiger partial charge in [0.05, 0.1) is 48.3 Å². The van der Waals surface area contributed by atoms with Crippen LogP contribution in [-0.2, 0) is 11.3 Å². The number of hydrogen-bond acceptors (Lipinski definition) is 10. The van der Waals surface area contributed by atoms with Crippen molar-refractivity contribution in [1.82, 2.24) is 19.9 Å². The predicted octanol–water partition coefficient (Wildman–Crippen LogP) is 1.81. The van der Waals surface area contributed by atoms with Crippen LogP contribution in [0.25, 0.3) is 0 Å². The molecule has 3 aromatic rings. The van der Waals surface area contributed by atoms with Crippen molar-refractivity contribution in [2.45, 2.75) is 13.5 Å². The molecule has 0 spiro atoms. The summed E-state index contributed by atoms with van der Waals surface area (Å²) < 4.78 is 10.5. The fraction of sp³-hybridized carbons (Fsp3) is 0.263. The van der Waals surface area contributed by atoms with Gasteiger partial charge in [-0.3, -0.25) is 15.0 Å². The summed E-state index contributed by atoms with van der Waals surface area (Å²) in [6.07, 6.45) is 4.91. The number of anilines is 4. The normalized spacial score (nSPS) is 10.6. The molecule has 5 N–H and O–H groups in total. The van der Waals surface area contributed by atoms with E-state index in [2.05, 4.69) is 25.3 Å². The Morgan fingerprint density at radius 2 is 1.83 bits per heavy atom. The summed E-state index contributed by atoms with van der Waals surface area (Å²) in [7, 11) is 1.63. The molecular weight excluding hydrogens is 372 g/mol. The Bertz CT molecular complexity index is 918. The third-order valence-corrected chi connectivity index (χ3v) is 3.96. The van der Waals surface area contributed by atoms with Crippen LogP contribution >= 0.6 is 0 Å². The number of aryl methyl sites for hydroxylation is 1. The third kappa shape index (κ3) is 5.50. The zero-order valence-electron chi connectivity index (χ0n) is 16.4. The zero-order chi connectivity index (χ0) is 20.6. The molecule has 0 amide bonds. The maximum Gasteiger partial charge on any atom is 0.225 e.